The van der Waals surface area contributed by atoms with Crippen molar-refractivity contribution in [1.82, 2.24) is 9.80 Å². The number of fused-ring (bicyclic) bond motifs is 2. The predicted octanol–water partition coefficient (Wildman–Crippen LogP) is 2.88. The summed E-state index contributed by atoms with van der Waals surface area (Å²) in [5.41, 5.74) is 0.347. The molecule has 8 bridgehead atoms. The second-order valence-electron chi connectivity index (χ2n) is 10.2. The smallest absolute Gasteiger partial charge is 0.381 e. The van der Waals surface area contributed by atoms with E-state index in [0.717, 1.165) is 25.9 Å². The van der Waals surface area contributed by atoms with Crippen molar-refractivity contribution in [1.29, 1.82) is 0 Å². The van der Waals surface area contributed by atoms with E-state index in [1.165, 1.54) is 4.90 Å². The van der Waals surface area contributed by atoms with Crippen molar-refractivity contribution in [2.24, 2.45) is 0 Å². The molecule has 13 aliphatic rings. The third-order valence-electron chi connectivity index (χ3n) is 8.07. The van der Waals surface area contributed by atoms with Crippen LogP contribution in [0.3, 0.4) is 0 Å². The molecule has 2 atom stereocenters. The van der Waals surface area contributed by atoms with Crippen molar-refractivity contribution >= 4 is 31.3 Å². The number of likely N-dealkylation sites (tertiary alicyclic amines) is 2. The van der Waals surface area contributed by atoms with Crippen LogP contribution in [0.4, 0.5) is 0 Å². The van der Waals surface area contributed by atoms with Crippen molar-refractivity contribution in [3.8, 4) is 23.0 Å². The number of rotatable bonds is 3. The number of nitrogens with zero attached hydrogens (tertiary/aromatic N) is 2. The molecular weight excluding hydrogens is 616 g/mol. The van der Waals surface area contributed by atoms with E-state index in [2.05, 4.69) is 4.90 Å². The highest BCUT2D eigenvalue weighted by Gasteiger charge is 3.04. The molecule has 14 rings (SSSR count). The summed E-state index contributed by atoms with van der Waals surface area (Å²) < 4.78 is 118. The zero-order chi connectivity index (χ0) is 26.1. The summed E-state index contributed by atoms with van der Waals surface area (Å²) in [4.78, 5) is 8.68. The summed E-state index contributed by atoms with van der Waals surface area (Å²) in [6.45, 7) is 1.24. The van der Waals surface area contributed by atoms with Gasteiger partial charge >= 0.3 is 43.0 Å². The van der Waals surface area contributed by atoms with Crippen molar-refractivity contribution in [2.75, 3.05) is 19.6 Å². The molecule has 2 unspecified atom stereocenters. The van der Waals surface area contributed by atoms with Crippen LogP contribution in [0.5, 0.6) is 23.0 Å². The third kappa shape index (κ3) is 2.17. The lowest BCUT2D eigenvalue weighted by Crippen LogP contribution is -2.68. The van der Waals surface area contributed by atoms with Crippen molar-refractivity contribution in [2.45, 2.75) is 42.8 Å². The first-order valence-corrected chi connectivity index (χ1v) is 17.5. The van der Waals surface area contributed by atoms with Gasteiger partial charge in [-0.25, -0.2) is 49.9 Å². The Morgan fingerprint density at radius 2 is 1.33 bits per heavy atom. The molecule has 0 saturated carbocycles. The summed E-state index contributed by atoms with van der Waals surface area (Å²) in [6.07, 6.45) is 1.88. The molecule has 3 spiro atoms. The summed E-state index contributed by atoms with van der Waals surface area (Å²) >= 11 is 0. The molecule has 208 valence electrons. The van der Waals surface area contributed by atoms with Gasteiger partial charge in [-0.15, -0.1) is 0 Å². The zero-order valence-corrected chi connectivity index (χ0v) is 22.4. The number of phosphoric acid groups is 4. The molecule has 0 aromatic heterocycles. The molecule has 0 radical (unpaired) electrons. The van der Waals surface area contributed by atoms with E-state index < -0.39 is 61.2 Å². The van der Waals surface area contributed by atoms with E-state index in [9.17, 15) is 18.3 Å². The van der Waals surface area contributed by atoms with Gasteiger partial charge in [0.2, 0.25) is 17.2 Å². The molecule has 9 saturated heterocycles. The minimum Gasteiger partial charge on any atom is -0.381 e. The minimum atomic E-state index is -4.39. The van der Waals surface area contributed by atoms with Crippen LogP contribution in [-0.2, 0) is 71.6 Å². The Morgan fingerprint density at radius 3 is 2.05 bits per heavy atom. The maximum Gasteiger partial charge on any atom is 0.647 e. The topological polar surface area (TPSA) is 195 Å². The third-order valence-corrected chi connectivity index (χ3v) is 13.4. The van der Waals surface area contributed by atoms with Gasteiger partial charge in [-0.05, 0) is 25.9 Å². The van der Waals surface area contributed by atoms with Gasteiger partial charge in [0.05, 0.1) is 12.1 Å². The maximum absolute atomic E-state index is 13.2. The van der Waals surface area contributed by atoms with Gasteiger partial charge < -0.3 is 18.5 Å². The Bertz CT molecular complexity index is 1670. The lowest BCUT2D eigenvalue weighted by molar-refractivity contribution is -0.420. The van der Waals surface area contributed by atoms with Gasteiger partial charge in [-0.1, -0.05) is 4.67 Å². The monoisotopic (exact) mass is 628 g/mol. The van der Waals surface area contributed by atoms with Gasteiger partial charge in [-0.2, -0.15) is 9.46 Å². The van der Waals surface area contributed by atoms with Crippen LogP contribution < -0.4 is 18.5 Å². The molecule has 9 fully saturated rings. The number of hydrogen-bond donors (Lipinski definition) is 0. The first-order chi connectivity index (χ1) is 18.5. The van der Waals surface area contributed by atoms with Crippen LogP contribution in [0.2, 0.25) is 0 Å². The Labute approximate surface area is 215 Å². The molecule has 19 nitrogen and oxygen atoms in total. The van der Waals surface area contributed by atoms with Crippen molar-refractivity contribution in [3.63, 3.8) is 0 Å². The fourth-order valence-electron chi connectivity index (χ4n) is 6.71. The highest BCUT2D eigenvalue weighted by atomic mass is 31.2. The summed E-state index contributed by atoms with van der Waals surface area (Å²) in [5, 5.41) is 0. The first kappa shape index (κ1) is 22.5. The Kier molecular flexibility index (Phi) is 3.39. The Morgan fingerprint density at radius 1 is 0.692 bits per heavy atom. The van der Waals surface area contributed by atoms with Gasteiger partial charge in [0.15, 0.2) is 5.75 Å². The van der Waals surface area contributed by atoms with E-state index in [0.29, 0.717) is 5.56 Å². The van der Waals surface area contributed by atoms with E-state index in [-0.39, 0.29) is 35.1 Å². The van der Waals surface area contributed by atoms with E-state index in [1.54, 1.807) is 0 Å². The summed E-state index contributed by atoms with van der Waals surface area (Å²) in [7, 11) is -16.6. The van der Waals surface area contributed by atoms with Crippen LogP contribution >= 0.6 is 31.3 Å². The molecule has 23 heteroatoms. The van der Waals surface area contributed by atoms with Crippen molar-refractivity contribution < 1.29 is 77.6 Å². The van der Waals surface area contributed by atoms with Gasteiger partial charge in [0.25, 0.3) is 11.7 Å². The van der Waals surface area contributed by atoms with Crippen LogP contribution in [-0.4, -0.2) is 46.9 Å². The van der Waals surface area contributed by atoms with Crippen LogP contribution in [0.25, 0.3) is 0 Å². The van der Waals surface area contributed by atoms with Crippen LogP contribution in [0, 0.1) is 0 Å². The molecule has 1 aromatic carbocycles. The fraction of sp³-hybridized carbons (Fsp3) is 0.625. The predicted molar refractivity (Wildman–Crippen MR) is 110 cm³/mol. The summed E-state index contributed by atoms with van der Waals surface area (Å²) in [5.74, 6) is -8.95. The average Bonchev–Trinajstić information content (AvgIpc) is 3.62. The maximum atomic E-state index is 13.2. The molecular formula is C16H12N2O17P4. The highest BCUT2D eigenvalue weighted by Crippen LogP contribution is 2.95. The molecule has 13 aliphatic heterocycles. The lowest BCUT2D eigenvalue weighted by Gasteiger charge is -2.53. The first-order valence-electron chi connectivity index (χ1n) is 11.7. The van der Waals surface area contributed by atoms with E-state index in [1.807, 2.05) is 0 Å². The Balaban J connectivity index is 1.16. The van der Waals surface area contributed by atoms with Crippen LogP contribution in [0.15, 0.2) is 0 Å². The average molecular weight is 628 g/mol. The molecule has 1 aromatic rings. The molecule has 0 aliphatic carbocycles. The second-order valence-corrected chi connectivity index (χ2v) is 16.0. The Hall–Kier alpha value is -1.10. The molecule has 39 heavy (non-hydrogen) atoms. The quantitative estimate of drug-likeness (QED) is 0.350. The second kappa shape index (κ2) is 5.88. The summed E-state index contributed by atoms with van der Waals surface area (Å²) in [6, 6.07) is 0. The van der Waals surface area contributed by atoms with Gasteiger partial charge in [0.1, 0.15) is 0 Å². The normalized spacial score (nSPS) is 55.7. The highest BCUT2D eigenvalue weighted by molar-refractivity contribution is 7.52. The molecule has 13 heterocycles. The fourth-order valence-corrected chi connectivity index (χ4v) is 12.8. The molecule has 0 amide bonds. The standard InChI is InChI=1S/C16H12N2O17P4/c19-36-24-9-7(5-17-3-1-2-4-17)8-10(12(26-36)11(9)25-36)23-35-39(22)29-14(8,30-39)18-6-13-15(31-37(20,27-13)28-13)16(18)33-38(21,32-15)34-16/h1-6H2. The number of benzene rings is 1. The van der Waals surface area contributed by atoms with Crippen molar-refractivity contribution in [3.05, 3.63) is 11.1 Å². The number of hydrogen-bond acceptors (Lipinski definition) is 19. The SMILES string of the molecule is O=P12Oc3c(CN4CCCC4)c4c(c(c3O1)O2)OOP1(=O)OC4(N2CC34OP(=O)(O3)OC43OP4(=O)OC23O4)O1. The minimum absolute atomic E-state index is 0.00806. The lowest BCUT2D eigenvalue weighted by atomic mass is 9.98. The van der Waals surface area contributed by atoms with E-state index in [4.69, 9.17) is 59.3 Å². The van der Waals surface area contributed by atoms with Gasteiger partial charge in [-0.3, -0.25) is 4.90 Å². The van der Waals surface area contributed by atoms with Gasteiger partial charge in [0, 0.05) is 12.1 Å². The number of phosphoric ester groups is 4. The zero-order valence-electron chi connectivity index (χ0n) is 18.9. The molecule has 0 N–H and O–H groups in total. The van der Waals surface area contributed by atoms with Crippen LogP contribution in [0.1, 0.15) is 24.0 Å². The largest absolute Gasteiger partial charge is 0.647 e. The van der Waals surface area contributed by atoms with E-state index >= 15 is 0 Å².